The third-order valence-electron chi connectivity index (χ3n) is 1.59. The molecule has 0 amide bonds. The summed E-state index contributed by atoms with van der Waals surface area (Å²) in [6, 6.07) is 0. The van der Waals surface area contributed by atoms with Crippen molar-refractivity contribution in [1.29, 1.82) is 0 Å². The van der Waals surface area contributed by atoms with Gasteiger partial charge in [0, 0.05) is 9.80 Å². The van der Waals surface area contributed by atoms with E-state index < -0.39 is 49.5 Å². The molecule has 0 aliphatic carbocycles. The van der Waals surface area contributed by atoms with Gasteiger partial charge in [0.2, 0.25) is 0 Å². The van der Waals surface area contributed by atoms with Crippen LogP contribution in [-0.4, -0.2) is 45.7 Å². The van der Waals surface area contributed by atoms with Crippen molar-refractivity contribution in [1.82, 2.24) is 0 Å². The quantitative estimate of drug-likeness (QED) is 0.184. The Hall–Kier alpha value is 0.886. The van der Waals surface area contributed by atoms with E-state index in [2.05, 4.69) is 0 Å². The summed E-state index contributed by atoms with van der Waals surface area (Å²) < 4.78 is 166. The van der Waals surface area contributed by atoms with E-state index in [4.69, 9.17) is 4.21 Å². The molecule has 1 N–H and O–H groups in total. The van der Waals surface area contributed by atoms with Crippen LogP contribution in [0, 0.1) is 0 Å². The molecule has 19 heteroatoms. The number of sulfone groups is 1. The molecule has 0 heterocycles. The van der Waals surface area contributed by atoms with E-state index in [1.165, 1.54) is 0 Å². The van der Waals surface area contributed by atoms with E-state index in [9.17, 15) is 60.9 Å². The maximum absolute atomic E-state index is 12.1. The Balaban J connectivity index is 0. The molecule has 0 aromatic carbocycles. The van der Waals surface area contributed by atoms with Crippen molar-refractivity contribution < 1.29 is 116 Å². The summed E-state index contributed by atoms with van der Waals surface area (Å²) in [6.07, 6.45) is 0. The second-order valence-corrected chi connectivity index (χ2v) is 9.57. The first-order valence-corrected chi connectivity index (χ1v) is 8.42. The third-order valence-corrected chi connectivity index (χ3v) is 8.75. The molecular weight excluding hydrogens is 450 g/mol. The third kappa shape index (κ3) is 4.74. The summed E-state index contributed by atoms with van der Waals surface area (Å²) in [5, 5.41) is 0. The number of hydrogen-bond acceptors (Lipinski definition) is 5. The fourth-order valence-corrected chi connectivity index (χ4v) is 6.53. The Morgan fingerprint density at radius 1 is 0.739 bits per heavy atom. The maximum atomic E-state index is 12.1. The van der Waals surface area contributed by atoms with Gasteiger partial charge in [-0.2, -0.15) is 43.7 Å². The van der Waals surface area contributed by atoms with Crippen LogP contribution < -0.4 is 51.4 Å². The Morgan fingerprint density at radius 2 is 1.04 bits per heavy atom. The van der Waals surface area contributed by atoms with Crippen LogP contribution in [0.15, 0.2) is 0 Å². The summed E-state index contributed by atoms with van der Waals surface area (Å²) in [5.74, 6) is 0. The Bertz CT molecular complexity index is 729. The Labute approximate surface area is 164 Å². The molecule has 0 fully saturated rings. The van der Waals surface area contributed by atoms with Crippen molar-refractivity contribution in [3.8, 4) is 0 Å². The first-order chi connectivity index (χ1) is 9.12. The van der Waals surface area contributed by atoms with E-state index in [1.54, 1.807) is 0 Å². The zero-order valence-electron chi connectivity index (χ0n) is 10.1. The number of rotatable bonds is 0. The van der Waals surface area contributed by atoms with Gasteiger partial charge in [0.15, 0.2) is 0 Å². The molecule has 23 heavy (non-hydrogen) atoms. The molecule has 2 unspecified atom stereocenters. The van der Waals surface area contributed by atoms with Crippen LogP contribution in [-0.2, 0) is 29.5 Å². The minimum Gasteiger partial charge on any atom is -0.770 e. The standard InChI is InChI=1S/C4HF9O6S3.K/c5-2(6,7)20(14,15)1(21(16,17)3(8,9)10)22(18,19)4(11,12)13;/h(H,14,15);/q;+1. The van der Waals surface area contributed by atoms with Gasteiger partial charge >= 0.3 is 77.7 Å². The van der Waals surface area contributed by atoms with Gasteiger partial charge < -0.3 is 4.55 Å². The zero-order valence-corrected chi connectivity index (χ0v) is 15.7. The van der Waals surface area contributed by atoms with Crippen LogP contribution in [0.2, 0.25) is 0 Å². The van der Waals surface area contributed by atoms with Crippen molar-refractivity contribution in [2.75, 3.05) is 0 Å². The molecule has 0 aliphatic rings. The van der Waals surface area contributed by atoms with E-state index in [-0.39, 0.29) is 51.4 Å². The Kier molecular flexibility index (Phi) is 7.83. The van der Waals surface area contributed by atoms with Crippen LogP contribution in [0.3, 0.4) is 0 Å². The van der Waals surface area contributed by atoms with Crippen molar-refractivity contribution in [2.24, 2.45) is 0 Å². The molecule has 0 aromatic heterocycles. The van der Waals surface area contributed by atoms with Crippen LogP contribution >= 0.6 is 0 Å². The van der Waals surface area contributed by atoms with E-state index in [0.717, 1.165) is 0 Å². The van der Waals surface area contributed by atoms with Gasteiger partial charge in [-0.1, -0.05) is 0 Å². The summed E-state index contributed by atoms with van der Waals surface area (Å²) in [7, 11) is -23.7. The SMILES string of the molecule is O=S(=O)(C(S(=O)(=[OH+])C(F)(F)F)=S(=O)([O-])C(F)(F)F)C(F)(F)F.[K+]. The molecule has 0 radical (unpaired) electrons. The second-order valence-electron chi connectivity index (χ2n) is 3.12. The summed E-state index contributed by atoms with van der Waals surface area (Å²) in [4.78, 5) is 0. The summed E-state index contributed by atoms with van der Waals surface area (Å²) in [5.41, 5.74) is -21.0. The molecule has 0 aromatic rings. The average molecular weight is 451 g/mol. The van der Waals surface area contributed by atoms with E-state index in [1.807, 2.05) is 0 Å². The molecule has 0 bridgehead atoms. The predicted octanol–water partition coefficient (Wildman–Crippen LogP) is -1.96. The molecule has 134 valence electrons. The molecule has 6 nitrogen and oxygen atoms in total. The molecule has 0 saturated heterocycles. The smallest absolute Gasteiger partial charge is 0.770 e. The fourth-order valence-electron chi connectivity index (χ4n) is 0.725. The molecular formula is C4HF9KO6S3+. The van der Waals surface area contributed by atoms with Crippen LogP contribution in [0.25, 0.3) is 0 Å². The Morgan fingerprint density at radius 3 is 1.22 bits per heavy atom. The van der Waals surface area contributed by atoms with Gasteiger partial charge in [-0.25, -0.2) is 12.6 Å². The van der Waals surface area contributed by atoms with Gasteiger partial charge in [-0.05, 0) is 0 Å². The minimum atomic E-state index is -7.96. The average Bonchev–Trinajstić information content (AvgIpc) is 2.09. The van der Waals surface area contributed by atoms with Gasteiger partial charge in [-0.15, -0.1) is 0 Å². The fraction of sp³-hybridized carbons (Fsp3) is 0.750. The number of hydrogen-bond donors (Lipinski definition) is 0. The van der Waals surface area contributed by atoms with Gasteiger partial charge in [0.05, 0.1) is 0 Å². The molecule has 0 rings (SSSR count). The minimum absolute atomic E-state index is 0. The normalized spacial score (nSPS) is 19.2. The number of alkyl halides is 9. The predicted molar refractivity (Wildman–Crippen MR) is 51.1 cm³/mol. The first kappa shape index (κ1) is 26.1. The van der Waals surface area contributed by atoms with E-state index >= 15 is 0 Å². The van der Waals surface area contributed by atoms with Crippen LogP contribution in [0.1, 0.15) is 0 Å². The van der Waals surface area contributed by atoms with Gasteiger partial charge in [0.25, 0.3) is 13.4 Å². The molecule has 0 saturated carbocycles. The second kappa shape index (κ2) is 6.89. The van der Waals surface area contributed by atoms with Crippen molar-refractivity contribution in [3.63, 3.8) is 0 Å². The molecule has 0 aliphatic heterocycles. The first-order valence-electron chi connectivity index (χ1n) is 3.94. The topological polar surface area (TPSA) is 113 Å². The zero-order chi connectivity index (χ0) is 18.6. The van der Waals surface area contributed by atoms with Crippen LogP contribution in [0.4, 0.5) is 39.5 Å². The van der Waals surface area contributed by atoms with E-state index in [0.29, 0.717) is 0 Å². The monoisotopic (exact) mass is 451 g/mol. The van der Waals surface area contributed by atoms with Gasteiger partial charge in [0.1, 0.15) is 0 Å². The summed E-state index contributed by atoms with van der Waals surface area (Å²) in [6.45, 7) is 0. The number of halogens is 9. The van der Waals surface area contributed by atoms with Crippen molar-refractivity contribution in [3.05, 3.63) is 0 Å². The van der Waals surface area contributed by atoms with Crippen LogP contribution in [0.5, 0.6) is 0 Å². The largest absolute Gasteiger partial charge is 1.00 e. The van der Waals surface area contributed by atoms with Gasteiger partial charge in [-0.3, -0.25) is 4.21 Å². The van der Waals surface area contributed by atoms with Crippen molar-refractivity contribution >= 4 is 33.0 Å². The maximum Gasteiger partial charge on any atom is 1.00 e. The molecule has 0 spiro atoms. The van der Waals surface area contributed by atoms with Crippen molar-refractivity contribution in [2.45, 2.75) is 16.5 Å². The molecule has 2 atom stereocenters. The summed E-state index contributed by atoms with van der Waals surface area (Å²) >= 11 is 0.